The molecular weight excluding hydrogens is 206 g/mol. The van der Waals surface area contributed by atoms with Gasteiger partial charge in [-0.05, 0) is 30.2 Å². The predicted molar refractivity (Wildman–Crippen MR) is 65.8 cm³/mol. The van der Waals surface area contributed by atoms with Crippen LogP contribution in [-0.4, -0.2) is 22.3 Å². The Morgan fingerprint density at radius 1 is 1.33 bits per heavy atom. The maximum Gasteiger partial charge on any atom is 0.138 e. The van der Waals surface area contributed by atoms with E-state index in [-0.39, 0.29) is 0 Å². The SMILES string of the molecule is CC(C)CSCc1ncc(CCN)cn1. The topological polar surface area (TPSA) is 51.8 Å². The van der Waals surface area contributed by atoms with Gasteiger partial charge in [-0.3, -0.25) is 0 Å². The molecule has 84 valence electrons. The predicted octanol–water partition coefficient (Wildman–Crippen LogP) is 1.87. The molecule has 15 heavy (non-hydrogen) atoms. The molecule has 0 bridgehead atoms. The van der Waals surface area contributed by atoms with Crippen LogP contribution in [0.4, 0.5) is 0 Å². The van der Waals surface area contributed by atoms with Crippen LogP contribution in [0.1, 0.15) is 25.2 Å². The van der Waals surface area contributed by atoms with E-state index in [1.807, 2.05) is 24.2 Å². The summed E-state index contributed by atoms with van der Waals surface area (Å²) < 4.78 is 0. The molecule has 0 saturated heterocycles. The van der Waals surface area contributed by atoms with E-state index < -0.39 is 0 Å². The lowest BCUT2D eigenvalue weighted by atomic mass is 10.2. The Hall–Kier alpha value is -0.610. The maximum absolute atomic E-state index is 5.45. The normalized spacial score (nSPS) is 10.9. The third kappa shape index (κ3) is 5.14. The van der Waals surface area contributed by atoms with Gasteiger partial charge in [0.2, 0.25) is 0 Å². The van der Waals surface area contributed by atoms with E-state index in [9.17, 15) is 0 Å². The van der Waals surface area contributed by atoms with Gasteiger partial charge in [0.25, 0.3) is 0 Å². The van der Waals surface area contributed by atoms with E-state index in [0.29, 0.717) is 6.54 Å². The second kappa shape index (κ2) is 6.80. The zero-order valence-corrected chi connectivity index (χ0v) is 10.3. The highest BCUT2D eigenvalue weighted by Gasteiger charge is 1.99. The Labute approximate surface area is 95.9 Å². The van der Waals surface area contributed by atoms with Crippen molar-refractivity contribution in [3.05, 3.63) is 23.8 Å². The molecule has 1 heterocycles. The van der Waals surface area contributed by atoms with Crippen molar-refractivity contribution in [2.24, 2.45) is 11.7 Å². The Bertz CT molecular complexity index is 272. The first-order chi connectivity index (χ1) is 7.22. The summed E-state index contributed by atoms with van der Waals surface area (Å²) in [4.78, 5) is 8.61. The van der Waals surface area contributed by atoms with Crippen molar-refractivity contribution in [3.63, 3.8) is 0 Å². The van der Waals surface area contributed by atoms with Crippen molar-refractivity contribution in [2.45, 2.75) is 26.0 Å². The molecule has 0 atom stereocenters. The summed E-state index contributed by atoms with van der Waals surface area (Å²) in [6, 6.07) is 0. The number of hydrogen-bond donors (Lipinski definition) is 1. The van der Waals surface area contributed by atoms with Gasteiger partial charge in [-0.1, -0.05) is 13.8 Å². The first-order valence-corrected chi connectivity index (χ1v) is 6.45. The molecule has 0 spiro atoms. The van der Waals surface area contributed by atoms with E-state index >= 15 is 0 Å². The van der Waals surface area contributed by atoms with Crippen molar-refractivity contribution in [1.82, 2.24) is 9.97 Å². The van der Waals surface area contributed by atoms with Crippen LogP contribution in [-0.2, 0) is 12.2 Å². The summed E-state index contributed by atoms with van der Waals surface area (Å²) in [7, 11) is 0. The summed E-state index contributed by atoms with van der Waals surface area (Å²) >= 11 is 1.88. The Balaban J connectivity index is 2.36. The molecule has 4 heteroatoms. The monoisotopic (exact) mass is 225 g/mol. The molecule has 3 nitrogen and oxygen atoms in total. The smallest absolute Gasteiger partial charge is 0.138 e. The molecular formula is C11H19N3S. The number of thioether (sulfide) groups is 1. The number of nitrogens with two attached hydrogens (primary N) is 1. The molecule has 0 radical (unpaired) electrons. The van der Waals surface area contributed by atoms with E-state index in [1.54, 1.807) is 0 Å². The van der Waals surface area contributed by atoms with Crippen LogP contribution in [0.15, 0.2) is 12.4 Å². The fraction of sp³-hybridized carbons (Fsp3) is 0.636. The highest BCUT2D eigenvalue weighted by molar-refractivity contribution is 7.98. The van der Waals surface area contributed by atoms with Gasteiger partial charge < -0.3 is 5.73 Å². The second-order valence-electron chi connectivity index (χ2n) is 3.96. The Morgan fingerprint density at radius 3 is 2.53 bits per heavy atom. The average Bonchev–Trinajstić information content (AvgIpc) is 2.20. The Morgan fingerprint density at radius 2 is 2.00 bits per heavy atom. The minimum Gasteiger partial charge on any atom is -0.330 e. The molecule has 0 unspecified atom stereocenters. The number of rotatable bonds is 6. The maximum atomic E-state index is 5.45. The largest absolute Gasteiger partial charge is 0.330 e. The van der Waals surface area contributed by atoms with Crippen molar-refractivity contribution in [1.29, 1.82) is 0 Å². The summed E-state index contributed by atoms with van der Waals surface area (Å²) in [5, 5.41) is 0. The zero-order chi connectivity index (χ0) is 11.1. The van der Waals surface area contributed by atoms with Crippen LogP contribution in [0.3, 0.4) is 0 Å². The summed E-state index contributed by atoms with van der Waals surface area (Å²) in [5.41, 5.74) is 6.57. The highest BCUT2D eigenvalue weighted by atomic mass is 32.2. The lowest BCUT2D eigenvalue weighted by molar-refractivity contribution is 0.749. The first kappa shape index (κ1) is 12.5. The molecule has 0 fully saturated rings. The molecule has 1 aromatic rings. The third-order valence-electron chi connectivity index (χ3n) is 1.87. The van der Waals surface area contributed by atoms with Crippen LogP contribution in [0.5, 0.6) is 0 Å². The molecule has 0 aliphatic rings. The van der Waals surface area contributed by atoms with Gasteiger partial charge in [0.15, 0.2) is 0 Å². The van der Waals surface area contributed by atoms with Crippen LogP contribution < -0.4 is 5.73 Å². The average molecular weight is 225 g/mol. The quantitative estimate of drug-likeness (QED) is 0.803. The molecule has 0 aromatic carbocycles. The lowest BCUT2D eigenvalue weighted by Crippen LogP contribution is -2.04. The van der Waals surface area contributed by atoms with E-state index in [0.717, 1.165) is 35.2 Å². The number of aromatic nitrogens is 2. The lowest BCUT2D eigenvalue weighted by Gasteiger charge is -2.04. The van der Waals surface area contributed by atoms with Crippen LogP contribution in [0.2, 0.25) is 0 Å². The molecule has 0 aliphatic carbocycles. The van der Waals surface area contributed by atoms with Crippen molar-refractivity contribution >= 4 is 11.8 Å². The van der Waals surface area contributed by atoms with Gasteiger partial charge in [-0.25, -0.2) is 9.97 Å². The first-order valence-electron chi connectivity index (χ1n) is 5.30. The number of hydrogen-bond acceptors (Lipinski definition) is 4. The van der Waals surface area contributed by atoms with E-state index in [4.69, 9.17) is 5.73 Å². The summed E-state index contributed by atoms with van der Waals surface area (Å²) in [5.74, 6) is 3.71. The standard InChI is InChI=1S/C11H19N3S/c1-9(2)7-15-8-11-13-5-10(3-4-12)6-14-11/h5-6,9H,3-4,7-8,12H2,1-2H3. The van der Waals surface area contributed by atoms with Gasteiger partial charge in [-0.2, -0.15) is 11.8 Å². The van der Waals surface area contributed by atoms with Crippen LogP contribution in [0, 0.1) is 5.92 Å². The van der Waals surface area contributed by atoms with Crippen LogP contribution in [0.25, 0.3) is 0 Å². The Kier molecular flexibility index (Phi) is 5.65. The summed E-state index contributed by atoms with van der Waals surface area (Å²) in [6.45, 7) is 5.10. The van der Waals surface area contributed by atoms with Gasteiger partial charge in [0.05, 0.1) is 5.75 Å². The zero-order valence-electron chi connectivity index (χ0n) is 9.44. The fourth-order valence-corrected chi connectivity index (χ4v) is 2.06. The number of nitrogens with zero attached hydrogens (tertiary/aromatic N) is 2. The van der Waals surface area contributed by atoms with Crippen LogP contribution >= 0.6 is 11.8 Å². The molecule has 0 aliphatic heterocycles. The van der Waals surface area contributed by atoms with Crippen molar-refractivity contribution in [3.8, 4) is 0 Å². The molecule has 1 aromatic heterocycles. The highest BCUT2D eigenvalue weighted by Crippen LogP contribution is 2.12. The van der Waals surface area contributed by atoms with Gasteiger partial charge >= 0.3 is 0 Å². The molecule has 2 N–H and O–H groups in total. The van der Waals surface area contributed by atoms with Gasteiger partial charge in [-0.15, -0.1) is 0 Å². The minimum absolute atomic E-state index is 0.658. The van der Waals surface area contributed by atoms with Crippen molar-refractivity contribution < 1.29 is 0 Å². The minimum atomic E-state index is 0.658. The fourth-order valence-electron chi connectivity index (χ4n) is 1.14. The summed E-state index contributed by atoms with van der Waals surface area (Å²) in [6.07, 6.45) is 4.62. The van der Waals surface area contributed by atoms with Gasteiger partial charge in [0, 0.05) is 12.4 Å². The van der Waals surface area contributed by atoms with E-state index in [1.165, 1.54) is 0 Å². The van der Waals surface area contributed by atoms with Crippen molar-refractivity contribution in [2.75, 3.05) is 12.3 Å². The molecule has 1 rings (SSSR count). The van der Waals surface area contributed by atoms with E-state index in [2.05, 4.69) is 23.8 Å². The van der Waals surface area contributed by atoms with Gasteiger partial charge in [0.1, 0.15) is 5.82 Å². The molecule has 0 saturated carbocycles. The molecule has 0 amide bonds. The third-order valence-corrected chi connectivity index (χ3v) is 3.24. The second-order valence-corrected chi connectivity index (χ2v) is 4.99.